The first-order valence-electron chi connectivity index (χ1n) is 10.2. The van der Waals surface area contributed by atoms with E-state index >= 15 is 0 Å². The molecule has 3 amide bonds. The third-order valence-electron chi connectivity index (χ3n) is 5.84. The van der Waals surface area contributed by atoms with E-state index in [1.165, 1.54) is 0 Å². The number of nitrogens with zero attached hydrogens (tertiary/aromatic N) is 3. The van der Waals surface area contributed by atoms with Crippen LogP contribution in [0.15, 0.2) is 0 Å². The van der Waals surface area contributed by atoms with Crippen molar-refractivity contribution < 1.29 is 23.9 Å². The first kappa shape index (κ1) is 19.9. The monoisotopic (exact) mass is 381 g/mol. The Morgan fingerprint density at radius 2 is 1.26 bits per heavy atom. The lowest BCUT2D eigenvalue weighted by atomic mass is 9.92. The highest BCUT2D eigenvalue weighted by atomic mass is 16.6. The number of hydrogen-bond donors (Lipinski definition) is 0. The van der Waals surface area contributed by atoms with Gasteiger partial charge in [-0.25, -0.2) is 4.79 Å². The Labute approximate surface area is 160 Å². The van der Waals surface area contributed by atoms with Crippen molar-refractivity contribution in [3.8, 4) is 0 Å². The van der Waals surface area contributed by atoms with E-state index in [9.17, 15) is 14.4 Å². The average molecular weight is 381 g/mol. The predicted molar refractivity (Wildman–Crippen MR) is 98.0 cm³/mol. The maximum absolute atomic E-state index is 12.8. The lowest BCUT2D eigenvalue weighted by Crippen LogP contribution is -2.53. The van der Waals surface area contributed by atoms with Crippen molar-refractivity contribution in [1.82, 2.24) is 14.7 Å². The molecule has 27 heavy (non-hydrogen) atoms. The van der Waals surface area contributed by atoms with Crippen LogP contribution in [0.4, 0.5) is 4.79 Å². The van der Waals surface area contributed by atoms with Gasteiger partial charge in [-0.1, -0.05) is 0 Å². The number of carbonyl (C=O) groups is 3. The lowest BCUT2D eigenvalue weighted by Gasteiger charge is -2.39. The molecule has 0 bridgehead atoms. The van der Waals surface area contributed by atoms with Gasteiger partial charge in [0.25, 0.3) is 0 Å². The van der Waals surface area contributed by atoms with Gasteiger partial charge in [-0.15, -0.1) is 0 Å². The molecule has 0 atom stereocenters. The van der Waals surface area contributed by atoms with Crippen LogP contribution in [-0.4, -0.2) is 91.7 Å². The SMILES string of the molecule is CCOC(=O)N1CCN(C(=O)C2CCN(C(=O)C3CCOCC3)CC2)CC1. The highest BCUT2D eigenvalue weighted by Gasteiger charge is 2.34. The molecule has 0 aliphatic carbocycles. The van der Waals surface area contributed by atoms with E-state index in [2.05, 4.69) is 0 Å². The van der Waals surface area contributed by atoms with Crippen molar-refractivity contribution in [2.45, 2.75) is 32.6 Å². The molecule has 0 aromatic carbocycles. The topological polar surface area (TPSA) is 79.4 Å². The molecule has 3 rings (SSSR count). The van der Waals surface area contributed by atoms with Gasteiger partial charge in [-0.3, -0.25) is 9.59 Å². The molecule has 3 saturated heterocycles. The van der Waals surface area contributed by atoms with E-state index in [0.29, 0.717) is 59.1 Å². The van der Waals surface area contributed by atoms with Crippen molar-refractivity contribution in [3.05, 3.63) is 0 Å². The van der Waals surface area contributed by atoms with E-state index in [1.54, 1.807) is 11.8 Å². The molecule has 3 aliphatic rings. The van der Waals surface area contributed by atoms with E-state index in [4.69, 9.17) is 9.47 Å². The minimum Gasteiger partial charge on any atom is -0.450 e. The smallest absolute Gasteiger partial charge is 0.409 e. The maximum atomic E-state index is 12.8. The number of rotatable bonds is 3. The molecule has 152 valence electrons. The summed E-state index contributed by atoms with van der Waals surface area (Å²) in [4.78, 5) is 42.6. The van der Waals surface area contributed by atoms with E-state index in [1.807, 2.05) is 9.80 Å². The van der Waals surface area contributed by atoms with E-state index in [-0.39, 0.29) is 29.7 Å². The summed E-state index contributed by atoms with van der Waals surface area (Å²) in [7, 11) is 0. The summed E-state index contributed by atoms with van der Waals surface area (Å²) in [6, 6.07) is 0. The van der Waals surface area contributed by atoms with Crippen LogP contribution in [0.2, 0.25) is 0 Å². The van der Waals surface area contributed by atoms with Crippen LogP contribution in [0.5, 0.6) is 0 Å². The highest BCUT2D eigenvalue weighted by Crippen LogP contribution is 2.24. The van der Waals surface area contributed by atoms with Gasteiger partial charge < -0.3 is 24.2 Å². The molecule has 0 aromatic rings. The molecular formula is C19H31N3O5. The number of hydrogen-bond acceptors (Lipinski definition) is 5. The summed E-state index contributed by atoms with van der Waals surface area (Å²) >= 11 is 0. The van der Waals surface area contributed by atoms with Crippen LogP contribution in [0.3, 0.4) is 0 Å². The van der Waals surface area contributed by atoms with Crippen LogP contribution in [0.25, 0.3) is 0 Å². The van der Waals surface area contributed by atoms with Crippen molar-refractivity contribution in [2.75, 3.05) is 59.1 Å². The van der Waals surface area contributed by atoms with E-state index in [0.717, 1.165) is 25.7 Å². The van der Waals surface area contributed by atoms with Crippen molar-refractivity contribution in [3.63, 3.8) is 0 Å². The van der Waals surface area contributed by atoms with Crippen LogP contribution < -0.4 is 0 Å². The minimum absolute atomic E-state index is 0.0158. The van der Waals surface area contributed by atoms with Gasteiger partial charge in [0.05, 0.1) is 6.61 Å². The Morgan fingerprint density at radius 1 is 0.778 bits per heavy atom. The lowest BCUT2D eigenvalue weighted by molar-refractivity contribution is -0.145. The fourth-order valence-electron chi connectivity index (χ4n) is 4.13. The highest BCUT2D eigenvalue weighted by molar-refractivity contribution is 5.81. The zero-order valence-electron chi connectivity index (χ0n) is 16.2. The molecule has 0 unspecified atom stereocenters. The first-order chi connectivity index (χ1) is 13.1. The standard InChI is InChI=1S/C19H31N3O5/c1-2-27-19(25)22-11-9-21(10-12-22)17(23)15-3-7-20(8-4-15)18(24)16-5-13-26-14-6-16/h15-16H,2-14H2,1H3. The van der Waals surface area contributed by atoms with Crippen LogP contribution >= 0.6 is 0 Å². The summed E-state index contributed by atoms with van der Waals surface area (Å²) in [6.07, 6.45) is 2.77. The molecule has 8 nitrogen and oxygen atoms in total. The van der Waals surface area contributed by atoms with Gasteiger partial charge in [0.1, 0.15) is 0 Å². The molecular weight excluding hydrogens is 350 g/mol. The summed E-state index contributed by atoms with van der Waals surface area (Å²) in [6.45, 7) is 6.96. The fraction of sp³-hybridized carbons (Fsp3) is 0.842. The Bertz CT molecular complexity index is 533. The Balaban J connectivity index is 1.42. The van der Waals surface area contributed by atoms with Gasteiger partial charge in [-0.2, -0.15) is 0 Å². The summed E-state index contributed by atoms with van der Waals surface area (Å²) < 4.78 is 10.4. The van der Waals surface area contributed by atoms with Gasteiger partial charge in [0.15, 0.2) is 0 Å². The minimum atomic E-state index is -0.301. The summed E-state index contributed by atoms with van der Waals surface area (Å²) in [5, 5.41) is 0. The number of carbonyl (C=O) groups excluding carboxylic acids is 3. The fourth-order valence-corrected chi connectivity index (χ4v) is 4.13. The maximum Gasteiger partial charge on any atom is 0.409 e. The van der Waals surface area contributed by atoms with E-state index < -0.39 is 0 Å². The molecule has 3 aliphatic heterocycles. The van der Waals surface area contributed by atoms with Crippen molar-refractivity contribution in [2.24, 2.45) is 11.8 Å². The predicted octanol–water partition coefficient (Wildman–Crippen LogP) is 0.952. The number of piperidine rings is 1. The van der Waals surface area contributed by atoms with Crippen LogP contribution in [0.1, 0.15) is 32.6 Å². The molecule has 0 radical (unpaired) electrons. The van der Waals surface area contributed by atoms with Crippen LogP contribution in [0, 0.1) is 11.8 Å². The molecule has 3 fully saturated rings. The number of piperazine rings is 1. The average Bonchev–Trinajstić information content (AvgIpc) is 2.74. The number of ether oxygens (including phenoxy) is 2. The Kier molecular flexibility index (Phi) is 6.93. The van der Waals surface area contributed by atoms with Crippen LogP contribution in [-0.2, 0) is 19.1 Å². The largest absolute Gasteiger partial charge is 0.450 e. The normalized spacial score (nSPS) is 22.6. The zero-order chi connectivity index (χ0) is 19.2. The van der Waals surface area contributed by atoms with Crippen molar-refractivity contribution in [1.29, 1.82) is 0 Å². The summed E-state index contributed by atoms with van der Waals surface area (Å²) in [5.41, 5.74) is 0. The molecule has 0 aromatic heterocycles. The molecule has 0 saturated carbocycles. The second kappa shape index (κ2) is 9.39. The number of amides is 3. The van der Waals surface area contributed by atoms with Gasteiger partial charge in [-0.05, 0) is 32.6 Å². The second-order valence-electron chi connectivity index (χ2n) is 7.50. The van der Waals surface area contributed by atoms with Gasteiger partial charge in [0.2, 0.25) is 11.8 Å². The quantitative estimate of drug-likeness (QED) is 0.727. The van der Waals surface area contributed by atoms with Gasteiger partial charge in [0, 0.05) is 64.3 Å². The third-order valence-corrected chi connectivity index (χ3v) is 5.84. The second-order valence-corrected chi connectivity index (χ2v) is 7.50. The zero-order valence-corrected chi connectivity index (χ0v) is 16.2. The number of likely N-dealkylation sites (tertiary alicyclic amines) is 1. The molecule has 8 heteroatoms. The first-order valence-corrected chi connectivity index (χ1v) is 10.2. The Hall–Kier alpha value is -1.83. The Morgan fingerprint density at radius 3 is 1.81 bits per heavy atom. The molecule has 0 N–H and O–H groups in total. The van der Waals surface area contributed by atoms with Crippen molar-refractivity contribution >= 4 is 17.9 Å². The van der Waals surface area contributed by atoms with Gasteiger partial charge >= 0.3 is 6.09 Å². The third kappa shape index (κ3) is 4.91. The summed E-state index contributed by atoms with van der Waals surface area (Å²) in [5.74, 6) is 0.462. The molecule has 0 spiro atoms. The molecule has 3 heterocycles.